The van der Waals surface area contributed by atoms with E-state index in [9.17, 15) is 9.90 Å². The molecule has 0 amide bonds. The smallest absolute Gasteiger partial charge is 0.310 e. The van der Waals surface area contributed by atoms with Crippen LogP contribution in [0.2, 0.25) is 0 Å². The SMILES string of the molecule is CCCC(CCOc1ccc(C(C)C(=O)O)c(C)c1)Oc1ccc(-c2ccc(OC)cc2)cc1. The van der Waals surface area contributed by atoms with Crippen LogP contribution in [0.3, 0.4) is 0 Å². The van der Waals surface area contributed by atoms with Crippen LogP contribution in [0.1, 0.15) is 50.2 Å². The minimum atomic E-state index is -0.826. The van der Waals surface area contributed by atoms with Crippen molar-refractivity contribution in [3.63, 3.8) is 0 Å². The van der Waals surface area contributed by atoms with Crippen LogP contribution in [0.4, 0.5) is 0 Å². The van der Waals surface area contributed by atoms with Gasteiger partial charge < -0.3 is 19.3 Å². The van der Waals surface area contributed by atoms with Gasteiger partial charge in [0.05, 0.1) is 19.6 Å². The van der Waals surface area contributed by atoms with Crippen LogP contribution in [0.5, 0.6) is 17.2 Å². The fraction of sp³-hybridized carbons (Fsp3) is 0.345. The summed E-state index contributed by atoms with van der Waals surface area (Å²) in [5.41, 5.74) is 3.99. The van der Waals surface area contributed by atoms with Gasteiger partial charge in [0, 0.05) is 6.42 Å². The number of hydrogen-bond acceptors (Lipinski definition) is 4. The van der Waals surface area contributed by atoms with Crippen LogP contribution in [0, 0.1) is 6.92 Å². The zero-order valence-electron chi connectivity index (χ0n) is 20.4. The molecule has 0 fully saturated rings. The highest BCUT2D eigenvalue weighted by Crippen LogP contribution is 2.27. The van der Waals surface area contributed by atoms with Crippen molar-refractivity contribution >= 4 is 5.97 Å². The summed E-state index contributed by atoms with van der Waals surface area (Å²) >= 11 is 0. The normalized spacial score (nSPS) is 12.6. The number of carboxylic acids is 1. The van der Waals surface area contributed by atoms with Crippen molar-refractivity contribution in [2.24, 2.45) is 0 Å². The number of hydrogen-bond donors (Lipinski definition) is 1. The molecule has 0 heterocycles. The topological polar surface area (TPSA) is 65.0 Å². The van der Waals surface area contributed by atoms with E-state index < -0.39 is 11.9 Å². The van der Waals surface area contributed by atoms with Crippen molar-refractivity contribution in [3.05, 3.63) is 77.9 Å². The Morgan fingerprint density at radius 3 is 2.00 bits per heavy atom. The lowest BCUT2D eigenvalue weighted by atomic mass is 9.96. The van der Waals surface area contributed by atoms with Crippen molar-refractivity contribution < 1.29 is 24.1 Å². The number of ether oxygens (including phenoxy) is 3. The van der Waals surface area contributed by atoms with E-state index in [-0.39, 0.29) is 6.10 Å². The summed E-state index contributed by atoms with van der Waals surface area (Å²) in [5, 5.41) is 9.25. The molecule has 5 nitrogen and oxygen atoms in total. The summed E-state index contributed by atoms with van der Waals surface area (Å²) in [5.74, 6) is 1.08. The van der Waals surface area contributed by atoms with Crippen molar-refractivity contribution in [2.45, 2.75) is 52.1 Å². The number of methoxy groups -OCH3 is 1. The van der Waals surface area contributed by atoms with Crippen LogP contribution < -0.4 is 14.2 Å². The Kier molecular flexibility index (Phi) is 8.97. The fourth-order valence-electron chi connectivity index (χ4n) is 3.95. The van der Waals surface area contributed by atoms with Crippen molar-refractivity contribution in [1.29, 1.82) is 0 Å². The second kappa shape index (κ2) is 12.1. The molecular weight excluding hydrogens is 428 g/mol. The predicted octanol–water partition coefficient (Wildman–Crippen LogP) is 6.88. The molecule has 180 valence electrons. The van der Waals surface area contributed by atoms with Gasteiger partial charge in [0.25, 0.3) is 0 Å². The predicted molar refractivity (Wildman–Crippen MR) is 135 cm³/mol. The van der Waals surface area contributed by atoms with E-state index in [0.29, 0.717) is 6.61 Å². The lowest BCUT2D eigenvalue weighted by Crippen LogP contribution is -2.19. The van der Waals surface area contributed by atoms with E-state index in [1.54, 1.807) is 14.0 Å². The van der Waals surface area contributed by atoms with Gasteiger partial charge in [0.15, 0.2) is 0 Å². The zero-order chi connectivity index (χ0) is 24.5. The van der Waals surface area contributed by atoms with Gasteiger partial charge in [-0.3, -0.25) is 4.79 Å². The molecule has 0 aromatic heterocycles. The molecule has 0 saturated carbocycles. The first kappa shape index (κ1) is 25.2. The molecule has 5 heteroatoms. The fourth-order valence-corrected chi connectivity index (χ4v) is 3.95. The maximum Gasteiger partial charge on any atom is 0.310 e. The summed E-state index contributed by atoms with van der Waals surface area (Å²) in [6.45, 7) is 6.29. The standard InChI is InChI=1S/C29H34O5/c1-5-6-25(17-18-33-27-15-16-28(20(2)19-27)21(3)29(30)31)34-26-13-9-23(10-14-26)22-7-11-24(32-4)12-8-22/h7-16,19,21,25H,5-6,17-18H2,1-4H3,(H,30,31). The first-order valence-corrected chi connectivity index (χ1v) is 11.8. The van der Waals surface area contributed by atoms with E-state index in [1.807, 2.05) is 61.5 Å². The second-order valence-corrected chi connectivity index (χ2v) is 8.50. The van der Waals surface area contributed by atoms with E-state index in [4.69, 9.17) is 14.2 Å². The third kappa shape index (κ3) is 6.77. The average Bonchev–Trinajstić information content (AvgIpc) is 2.84. The molecule has 2 unspecified atom stereocenters. The molecule has 0 saturated heterocycles. The van der Waals surface area contributed by atoms with E-state index in [2.05, 4.69) is 19.1 Å². The van der Waals surface area contributed by atoms with Gasteiger partial charge in [0.2, 0.25) is 0 Å². The third-order valence-corrected chi connectivity index (χ3v) is 5.98. The Labute approximate surface area is 202 Å². The lowest BCUT2D eigenvalue weighted by Gasteiger charge is -2.19. The number of aryl methyl sites for hydroxylation is 1. The Bertz CT molecular complexity index is 1060. The summed E-state index contributed by atoms with van der Waals surface area (Å²) in [4.78, 5) is 11.3. The molecule has 0 spiro atoms. The van der Waals surface area contributed by atoms with Crippen molar-refractivity contribution in [1.82, 2.24) is 0 Å². The molecule has 0 aliphatic carbocycles. The van der Waals surface area contributed by atoms with Gasteiger partial charge in [-0.05, 0) is 78.9 Å². The van der Waals surface area contributed by atoms with Crippen LogP contribution in [-0.4, -0.2) is 30.9 Å². The zero-order valence-corrected chi connectivity index (χ0v) is 20.4. The molecule has 0 aliphatic rings. The lowest BCUT2D eigenvalue weighted by molar-refractivity contribution is -0.138. The quantitative estimate of drug-likeness (QED) is 0.318. The first-order valence-electron chi connectivity index (χ1n) is 11.8. The van der Waals surface area contributed by atoms with Crippen molar-refractivity contribution in [3.8, 4) is 28.4 Å². The number of aliphatic carboxylic acids is 1. The van der Waals surface area contributed by atoms with Crippen LogP contribution in [-0.2, 0) is 4.79 Å². The van der Waals surface area contributed by atoms with Gasteiger partial charge in [-0.25, -0.2) is 0 Å². The largest absolute Gasteiger partial charge is 0.497 e. The average molecular weight is 463 g/mol. The van der Waals surface area contributed by atoms with E-state index in [1.165, 1.54) is 0 Å². The second-order valence-electron chi connectivity index (χ2n) is 8.50. The highest BCUT2D eigenvalue weighted by molar-refractivity contribution is 5.76. The monoisotopic (exact) mass is 462 g/mol. The van der Waals surface area contributed by atoms with Gasteiger partial charge >= 0.3 is 5.97 Å². The minimum absolute atomic E-state index is 0.0595. The van der Waals surface area contributed by atoms with Crippen LogP contribution >= 0.6 is 0 Å². The highest BCUT2D eigenvalue weighted by atomic mass is 16.5. The summed E-state index contributed by atoms with van der Waals surface area (Å²) < 4.78 is 17.4. The molecule has 34 heavy (non-hydrogen) atoms. The van der Waals surface area contributed by atoms with Gasteiger partial charge in [-0.2, -0.15) is 0 Å². The summed E-state index contributed by atoms with van der Waals surface area (Å²) in [7, 11) is 1.67. The number of benzene rings is 3. The number of carboxylic acid groups (broad SMARTS) is 1. The molecule has 2 atom stereocenters. The summed E-state index contributed by atoms with van der Waals surface area (Å²) in [6.07, 6.45) is 2.79. The molecule has 0 bridgehead atoms. The van der Waals surface area contributed by atoms with Gasteiger partial charge in [-0.1, -0.05) is 43.7 Å². The highest BCUT2D eigenvalue weighted by Gasteiger charge is 2.16. The van der Waals surface area contributed by atoms with Crippen LogP contribution in [0.15, 0.2) is 66.7 Å². The van der Waals surface area contributed by atoms with E-state index >= 15 is 0 Å². The molecule has 0 radical (unpaired) electrons. The number of carbonyl (C=O) groups is 1. The Balaban J connectivity index is 1.56. The molecule has 3 aromatic carbocycles. The molecule has 3 rings (SSSR count). The number of rotatable bonds is 12. The molecular formula is C29H34O5. The summed E-state index contributed by atoms with van der Waals surface area (Å²) in [6, 6.07) is 21.7. The van der Waals surface area contributed by atoms with Crippen LogP contribution in [0.25, 0.3) is 11.1 Å². The molecule has 0 aliphatic heterocycles. The minimum Gasteiger partial charge on any atom is -0.497 e. The third-order valence-electron chi connectivity index (χ3n) is 5.98. The molecule has 3 aromatic rings. The van der Waals surface area contributed by atoms with Gasteiger partial charge in [-0.15, -0.1) is 0 Å². The Hall–Kier alpha value is -3.47. The molecule has 1 N–H and O–H groups in total. The van der Waals surface area contributed by atoms with Gasteiger partial charge in [0.1, 0.15) is 23.4 Å². The maximum absolute atomic E-state index is 11.3. The maximum atomic E-state index is 11.3. The first-order chi connectivity index (χ1) is 16.4. The Morgan fingerprint density at radius 2 is 1.47 bits per heavy atom. The van der Waals surface area contributed by atoms with E-state index in [0.717, 1.165) is 58.8 Å². The van der Waals surface area contributed by atoms with Crippen molar-refractivity contribution in [2.75, 3.05) is 13.7 Å². The Morgan fingerprint density at radius 1 is 0.882 bits per heavy atom.